The van der Waals surface area contributed by atoms with Gasteiger partial charge >= 0.3 is 6.09 Å². The van der Waals surface area contributed by atoms with E-state index in [0.29, 0.717) is 32.5 Å². The van der Waals surface area contributed by atoms with Gasteiger partial charge in [-0.05, 0) is 38.7 Å². The molecule has 4 rings (SSSR count). The summed E-state index contributed by atoms with van der Waals surface area (Å²) in [7, 11) is -3.32. The second-order valence-electron chi connectivity index (χ2n) is 8.07. The van der Waals surface area contributed by atoms with Crippen LogP contribution in [0.3, 0.4) is 0 Å². The number of cyclic esters (lactones) is 1. The SMILES string of the molecule is Cc1ccc2c(c1)COC(=O)N2C1CCN(S(=O)(=O)C2CCCCC2Br)CC1. The van der Waals surface area contributed by atoms with E-state index in [1.54, 1.807) is 9.21 Å². The number of hydrogen-bond donors (Lipinski definition) is 0. The molecule has 0 bridgehead atoms. The summed E-state index contributed by atoms with van der Waals surface area (Å²) < 4.78 is 33.3. The number of ether oxygens (including phenoxy) is 1. The van der Waals surface area contributed by atoms with Gasteiger partial charge in [0.25, 0.3) is 0 Å². The number of carbonyl (C=O) groups is 1. The third kappa shape index (κ3) is 3.71. The molecule has 3 aliphatic rings. The van der Waals surface area contributed by atoms with E-state index in [0.717, 1.165) is 42.5 Å². The maximum atomic E-state index is 13.1. The third-order valence-electron chi connectivity index (χ3n) is 6.20. The number of alkyl halides is 1. The molecule has 1 amide bonds. The molecule has 0 spiro atoms. The molecule has 154 valence electrons. The Kier molecular flexibility index (Phi) is 5.73. The Bertz CT molecular complexity index is 852. The van der Waals surface area contributed by atoms with Crippen molar-refractivity contribution in [2.75, 3.05) is 18.0 Å². The lowest BCUT2D eigenvalue weighted by atomic mass is 10.0. The number of benzene rings is 1. The lowest BCUT2D eigenvalue weighted by Gasteiger charge is -2.41. The van der Waals surface area contributed by atoms with E-state index in [2.05, 4.69) is 15.9 Å². The highest BCUT2D eigenvalue weighted by Crippen LogP contribution is 2.35. The lowest BCUT2D eigenvalue weighted by molar-refractivity contribution is 0.135. The molecule has 2 fully saturated rings. The lowest BCUT2D eigenvalue weighted by Crippen LogP contribution is -2.53. The second kappa shape index (κ2) is 7.95. The van der Waals surface area contributed by atoms with Crippen LogP contribution in [0.25, 0.3) is 0 Å². The number of fused-ring (bicyclic) bond motifs is 1. The van der Waals surface area contributed by atoms with Crippen molar-refractivity contribution in [3.05, 3.63) is 29.3 Å². The summed E-state index contributed by atoms with van der Waals surface area (Å²) in [5.74, 6) is 0. The number of piperidine rings is 1. The number of nitrogens with zero attached hydrogens (tertiary/aromatic N) is 2. The molecule has 2 atom stereocenters. The van der Waals surface area contributed by atoms with E-state index in [1.165, 1.54) is 0 Å². The van der Waals surface area contributed by atoms with Crippen molar-refractivity contribution in [1.29, 1.82) is 0 Å². The largest absolute Gasteiger partial charge is 0.444 e. The number of amides is 1. The zero-order valence-electron chi connectivity index (χ0n) is 16.1. The van der Waals surface area contributed by atoms with Crippen molar-refractivity contribution >= 4 is 37.7 Å². The Morgan fingerprint density at radius 1 is 1.11 bits per heavy atom. The maximum absolute atomic E-state index is 13.1. The predicted molar refractivity (Wildman–Crippen MR) is 112 cm³/mol. The first kappa shape index (κ1) is 20.2. The van der Waals surface area contributed by atoms with Gasteiger partial charge in [-0.1, -0.05) is 46.5 Å². The van der Waals surface area contributed by atoms with Gasteiger partial charge in [0.15, 0.2) is 0 Å². The summed E-state index contributed by atoms with van der Waals surface area (Å²) in [6.45, 7) is 3.23. The Labute approximate surface area is 175 Å². The van der Waals surface area contributed by atoms with E-state index < -0.39 is 10.0 Å². The van der Waals surface area contributed by atoms with Crippen LogP contribution in [-0.2, 0) is 21.4 Å². The molecule has 2 unspecified atom stereocenters. The number of aryl methyl sites for hydroxylation is 1. The van der Waals surface area contributed by atoms with Crippen molar-refractivity contribution in [3.63, 3.8) is 0 Å². The monoisotopic (exact) mass is 470 g/mol. The number of halogens is 1. The third-order valence-corrected chi connectivity index (χ3v) is 10.1. The van der Waals surface area contributed by atoms with E-state index in [4.69, 9.17) is 4.74 Å². The second-order valence-corrected chi connectivity index (χ2v) is 11.4. The van der Waals surface area contributed by atoms with Gasteiger partial charge in [-0.15, -0.1) is 0 Å². The highest BCUT2D eigenvalue weighted by molar-refractivity contribution is 9.09. The standard InChI is InChI=1S/C20H27BrN2O4S/c1-14-6-7-18-15(12-14)13-27-20(24)23(18)16-8-10-22(11-9-16)28(25,26)19-5-3-2-4-17(19)21/h6-7,12,16-17,19H,2-5,8-11,13H2,1H3. The fraction of sp³-hybridized carbons (Fsp3) is 0.650. The minimum Gasteiger partial charge on any atom is -0.444 e. The molecule has 2 heterocycles. The zero-order chi connectivity index (χ0) is 19.9. The van der Waals surface area contributed by atoms with E-state index in [1.807, 2.05) is 25.1 Å². The van der Waals surface area contributed by atoms with Gasteiger partial charge in [0.05, 0.1) is 10.9 Å². The average Bonchev–Trinajstić information content (AvgIpc) is 2.68. The van der Waals surface area contributed by atoms with Gasteiger partial charge in [-0.2, -0.15) is 0 Å². The summed E-state index contributed by atoms with van der Waals surface area (Å²) in [5.41, 5.74) is 3.05. The first-order chi connectivity index (χ1) is 13.4. The molecule has 0 aromatic heterocycles. The Hall–Kier alpha value is -1.12. The number of sulfonamides is 1. The molecule has 1 saturated heterocycles. The van der Waals surface area contributed by atoms with E-state index in [-0.39, 0.29) is 22.2 Å². The van der Waals surface area contributed by atoms with Crippen molar-refractivity contribution in [2.45, 2.75) is 68.2 Å². The summed E-state index contributed by atoms with van der Waals surface area (Å²) in [5, 5.41) is -0.332. The highest BCUT2D eigenvalue weighted by Gasteiger charge is 2.41. The van der Waals surface area contributed by atoms with Crippen LogP contribution in [0.4, 0.5) is 10.5 Å². The highest BCUT2D eigenvalue weighted by atomic mass is 79.9. The van der Waals surface area contributed by atoms with Gasteiger partial charge in [-0.3, -0.25) is 4.90 Å². The minimum absolute atomic E-state index is 0.0353. The topological polar surface area (TPSA) is 66.9 Å². The fourth-order valence-electron chi connectivity index (χ4n) is 4.65. The van der Waals surface area contributed by atoms with Gasteiger partial charge in [-0.25, -0.2) is 17.5 Å². The van der Waals surface area contributed by atoms with Crippen LogP contribution in [-0.4, -0.2) is 48.0 Å². The number of rotatable bonds is 3. The van der Waals surface area contributed by atoms with Crippen LogP contribution in [0.15, 0.2) is 18.2 Å². The summed E-state index contributed by atoms with van der Waals surface area (Å²) >= 11 is 3.59. The molecular weight excluding hydrogens is 444 g/mol. The smallest absolute Gasteiger partial charge is 0.414 e. The molecule has 6 nitrogen and oxygen atoms in total. The molecule has 1 saturated carbocycles. The van der Waals surface area contributed by atoms with Gasteiger partial charge in [0.1, 0.15) is 6.61 Å². The number of carbonyl (C=O) groups excluding carboxylic acids is 1. The molecule has 2 aliphatic heterocycles. The quantitative estimate of drug-likeness (QED) is 0.627. The van der Waals surface area contributed by atoms with Crippen LogP contribution >= 0.6 is 15.9 Å². The van der Waals surface area contributed by atoms with Crippen molar-refractivity contribution < 1.29 is 17.9 Å². The minimum atomic E-state index is -3.32. The van der Waals surface area contributed by atoms with Crippen LogP contribution in [0.5, 0.6) is 0 Å². The zero-order valence-corrected chi connectivity index (χ0v) is 18.5. The molecule has 0 N–H and O–H groups in total. The average molecular weight is 471 g/mol. The molecule has 1 aromatic rings. The van der Waals surface area contributed by atoms with Crippen LogP contribution in [0.2, 0.25) is 0 Å². The van der Waals surface area contributed by atoms with Gasteiger partial charge in [0.2, 0.25) is 10.0 Å². The first-order valence-corrected chi connectivity index (χ1v) is 12.5. The fourth-order valence-corrected chi connectivity index (χ4v) is 8.13. The summed E-state index contributed by atoms with van der Waals surface area (Å²) in [4.78, 5) is 14.2. The molecule has 0 radical (unpaired) electrons. The van der Waals surface area contributed by atoms with Crippen molar-refractivity contribution in [3.8, 4) is 0 Å². The molecule has 28 heavy (non-hydrogen) atoms. The number of hydrogen-bond acceptors (Lipinski definition) is 4. The Morgan fingerprint density at radius 3 is 2.54 bits per heavy atom. The Balaban J connectivity index is 1.48. The van der Waals surface area contributed by atoms with Gasteiger partial charge in [0, 0.05) is 29.5 Å². The summed E-state index contributed by atoms with van der Waals surface area (Å²) in [6, 6.07) is 5.99. The normalized spacial score (nSPS) is 27.4. The van der Waals surface area contributed by atoms with Crippen LogP contribution in [0.1, 0.15) is 49.7 Å². The van der Waals surface area contributed by atoms with E-state index >= 15 is 0 Å². The predicted octanol–water partition coefficient (Wildman–Crippen LogP) is 3.95. The van der Waals surface area contributed by atoms with Crippen molar-refractivity contribution in [1.82, 2.24) is 4.31 Å². The van der Waals surface area contributed by atoms with Crippen LogP contribution in [0, 0.1) is 6.92 Å². The van der Waals surface area contributed by atoms with Crippen LogP contribution < -0.4 is 4.90 Å². The first-order valence-electron chi connectivity index (χ1n) is 10.1. The number of anilines is 1. The van der Waals surface area contributed by atoms with Gasteiger partial charge < -0.3 is 4.74 Å². The van der Waals surface area contributed by atoms with Crippen molar-refractivity contribution in [2.24, 2.45) is 0 Å². The molecule has 1 aliphatic carbocycles. The maximum Gasteiger partial charge on any atom is 0.414 e. The molecule has 8 heteroatoms. The summed E-state index contributed by atoms with van der Waals surface area (Å²) in [6.07, 6.45) is 4.62. The molecular formula is C20H27BrN2O4S. The Morgan fingerprint density at radius 2 is 1.82 bits per heavy atom. The molecule has 1 aromatic carbocycles. The van der Waals surface area contributed by atoms with E-state index in [9.17, 15) is 13.2 Å².